The summed E-state index contributed by atoms with van der Waals surface area (Å²) in [4.78, 5) is 16.8. The Labute approximate surface area is 128 Å². The fraction of sp³-hybridized carbons (Fsp3) is 0.938. The molecule has 0 bridgehead atoms. The van der Waals surface area contributed by atoms with Gasteiger partial charge in [-0.05, 0) is 44.3 Å². The van der Waals surface area contributed by atoms with Crippen LogP contribution in [0.3, 0.4) is 0 Å². The van der Waals surface area contributed by atoms with Crippen LogP contribution in [0.25, 0.3) is 0 Å². The molecule has 0 aromatic rings. The zero-order valence-corrected chi connectivity index (χ0v) is 13.2. The Balaban J connectivity index is 1.41. The van der Waals surface area contributed by atoms with E-state index in [-0.39, 0.29) is 0 Å². The average Bonchev–Trinajstić information content (AvgIpc) is 3.08. The van der Waals surface area contributed by atoms with Crippen LogP contribution in [0.15, 0.2) is 0 Å². The first-order chi connectivity index (χ1) is 10.3. The molecule has 3 atom stereocenters. The molecule has 0 radical (unpaired) electrons. The molecule has 5 nitrogen and oxygen atoms in total. The Morgan fingerprint density at radius 2 is 2.10 bits per heavy atom. The van der Waals surface area contributed by atoms with Crippen LogP contribution in [-0.2, 0) is 9.53 Å². The number of nitrogens with zero attached hydrogens (tertiary/aromatic N) is 2. The number of hydrogen-bond acceptors (Lipinski definition) is 4. The Kier molecular flexibility index (Phi) is 5.14. The summed E-state index contributed by atoms with van der Waals surface area (Å²) in [6.07, 6.45) is 2.93. The lowest BCUT2D eigenvalue weighted by Gasteiger charge is -2.28. The van der Waals surface area contributed by atoms with Crippen molar-refractivity contribution in [1.29, 1.82) is 0 Å². The van der Waals surface area contributed by atoms with Gasteiger partial charge in [0.25, 0.3) is 0 Å². The molecule has 0 aromatic carbocycles. The lowest BCUT2D eigenvalue weighted by Crippen LogP contribution is -2.41. The quantitative estimate of drug-likeness (QED) is 0.805. The van der Waals surface area contributed by atoms with E-state index in [4.69, 9.17) is 4.74 Å². The van der Waals surface area contributed by atoms with Crippen molar-refractivity contribution in [2.24, 2.45) is 11.8 Å². The van der Waals surface area contributed by atoms with Crippen molar-refractivity contribution < 1.29 is 9.53 Å². The van der Waals surface area contributed by atoms with Gasteiger partial charge in [-0.1, -0.05) is 6.92 Å². The van der Waals surface area contributed by atoms with Gasteiger partial charge in [0.05, 0.1) is 13.2 Å². The number of ether oxygens (including phenoxy) is 1. The highest BCUT2D eigenvalue weighted by atomic mass is 16.5. The van der Waals surface area contributed by atoms with Gasteiger partial charge in [-0.3, -0.25) is 9.69 Å². The van der Waals surface area contributed by atoms with Crippen LogP contribution >= 0.6 is 0 Å². The van der Waals surface area contributed by atoms with E-state index in [9.17, 15) is 4.79 Å². The third kappa shape index (κ3) is 3.41. The SMILES string of the molecule is CCC1C2CNCC2CN1CCCC(=O)N1CCOCC1. The summed E-state index contributed by atoms with van der Waals surface area (Å²) < 4.78 is 5.30. The summed E-state index contributed by atoms with van der Waals surface area (Å²) in [5.74, 6) is 1.99. The van der Waals surface area contributed by atoms with Gasteiger partial charge in [0.2, 0.25) is 5.91 Å². The molecule has 0 aromatic heterocycles. The van der Waals surface area contributed by atoms with E-state index in [2.05, 4.69) is 17.1 Å². The van der Waals surface area contributed by atoms with Crippen LogP contribution in [0.4, 0.5) is 0 Å². The summed E-state index contributed by atoms with van der Waals surface area (Å²) in [5.41, 5.74) is 0. The third-order valence-electron chi connectivity index (χ3n) is 5.44. The Morgan fingerprint density at radius 3 is 2.86 bits per heavy atom. The zero-order chi connectivity index (χ0) is 14.7. The van der Waals surface area contributed by atoms with Gasteiger partial charge in [0, 0.05) is 32.1 Å². The molecule has 0 aliphatic carbocycles. The number of morpholine rings is 1. The lowest BCUT2D eigenvalue weighted by atomic mass is 9.93. The van der Waals surface area contributed by atoms with Gasteiger partial charge in [-0.2, -0.15) is 0 Å². The second-order valence-electron chi connectivity index (χ2n) is 6.65. The van der Waals surface area contributed by atoms with Crippen LogP contribution in [0, 0.1) is 11.8 Å². The first kappa shape index (κ1) is 15.3. The Hall–Kier alpha value is -0.650. The van der Waals surface area contributed by atoms with Gasteiger partial charge < -0.3 is 15.0 Å². The summed E-state index contributed by atoms with van der Waals surface area (Å²) >= 11 is 0. The summed E-state index contributed by atoms with van der Waals surface area (Å²) in [5, 5.41) is 3.53. The molecular weight excluding hydrogens is 266 g/mol. The first-order valence-corrected chi connectivity index (χ1v) is 8.60. The normalized spacial score (nSPS) is 33.4. The molecular formula is C16H29N3O2. The Morgan fingerprint density at radius 1 is 1.29 bits per heavy atom. The van der Waals surface area contributed by atoms with E-state index < -0.39 is 0 Å². The predicted octanol–water partition coefficient (Wildman–Crippen LogP) is 0.555. The highest BCUT2D eigenvalue weighted by molar-refractivity contribution is 5.76. The molecule has 5 heteroatoms. The van der Waals surface area contributed by atoms with Crippen molar-refractivity contribution in [1.82, 2.24) is 15.1 Å². The largest absolute Gasteiger partial charge is 0.378 e. The molecule has 3 fully saturated rings. The molecule has 3 heterocycles. The van der Waals surface area contributed by atoms with Crippen molar-refractivity contribution >= 4 is 5.91 Å². The summed E-state index contributed by atoms with van der Waals surface area (Å²) in [7, 11) is 0. The van der Waals surface area contributed by atoms with Gasteiger partial charge in [-0.15, -0.1) is 0 Å². The van der Waals surface area contributed by atoms with Crippen LogP contribution < -0.4 is 5.32 Å². The molecule has 3 rings (SSSR count). The van der Waals surface area contributed by atoms with Gasteiger partial charge in [0.1, 0.15) is 0 Å². The second kappa shape index (κ2) is 7.07. The number of likely N-dealkylation sites (tertiary alicyclic amines) is 1. The highest BCUT2D eigenvalue weighted by Crippen LogP contribution is 2.34. The van der Waals surface area contributed by atoms with Crippen LogP contribution in [0.5, 0.6) is 0 Å². The molecule has 3 aliphatic rings. The minimum atomic E-state index is 0.312. The standard InChI is InChI=1S/C16H29N3O2/c1-2-15-14-11-17-10-13(14)12-19(15)5-3-4-16(20)18-6-8-21-9-7-18/h13-15,17H,2-12H2,1H3. The van der Waals surface area contributed by atoms with Gasteiger partial charge in [-0.25, -0.2) is 0 Å². The number of nitrogens with one attached hydrogen (secondary N) is 1. The minimum Gasteiger partial charge on any atom is -0.378 e. The summed E-state index contributed by atoms with van der Waals surface area (Å²) in [6.45, 7) is 9.93. The topological polar surface area (TPSA) is 44.8 Å². The number of rotatable bonds is 5. The van der Waals surface area contributed by atoms with E-state index in [0.29, 0.717) is 25.5 Å². The fourth-order valence-electron chi connectivity index (χ4n) is 4.33. The molecule has 120 valence electrons. The van der Waals surface area contributed by atoms with Crippen LogP contribution in [-0.4, -0.2) is 74.2 Å². The molecule has 3 aliphatic heterocycles. The van der Waals surface area contributed by atoms with Crippen molar-refractivity contribution in [3.05, 3.63) is 0 Å². The third-order valence-corrected chi connectivity index (χ3v) is 5.44. The fourth-order valence-corrected chi connectivity index (χ4v) is 4.33. The molecule has 0 spiro atoms. The van der Waals surface area contributed by atoms with Crippen LogP contribution in [0.2, 0.25) is 0 Å². The first-order valence-electron chi connectivity index (χ1n) is 8.60. The summed E-state index contributed by atoms with van der Waals surface area (Å²) in [6, 6.07) is 0.725. The number of amides is 1. The predicted molar refractivity (Wildman–Crippen MR) is 82.1 cm³/mol. The minimum absolute atomic E-state index is 0.312. The van der Waals surface area contributed by atoms with E-state index in [1.165, 1.54) is 26.1 Å². The average molecular weight is 295 g/mol. The molecule has 1 N–H and O–H groups in total. The van der Waals surface area contributed by atoms with Crippen LogP contribution in [0.1, 0.15) is 26.2 Å². The van der Waals surface area contributed by atoms with Gasteiger partial charge in [0.15, 0.2) is 0 Å². The molecule has 3 saturated heterocycles. The molecule has 21 heavy (non-hydrogen) atoms. The second-order valence-corrected chi connectivity index (χ2v) is 6.65. The molecule has 1 amide bonds. The molecule has 0 saturated carbocycles. The maximum absolute atomic E-state index is 12.2. The highest BCUT2D eigenvalue weighted by Gasteiger charge is 2.42. The number of carbonyl (C=O) groups excluding carboxylic acids is 1. The molecule has 3 unspecified atom stereocenters. The van der Waals surface area contributed by atoms with Crippen molar-refractivity contribution in [2.75, 3.05) is 52.5 Å². The zero-order valence-electron chi connectivity index (χ0n) is 13.2. The van der Waals surface area contributed by atoms with Crippen molar-refractivity contribution in [3.8, 4) is 0 Å². The van der Waals surface area contributed by atoms with Crippen molar-refractivity contribution in [3.63, 3.8) is 0 Å². The number of hydrogen-bond donors (Lipinski definition) is 1. The van der Waals surface area contributed by atoms with E-state index in [1.807, 2.05) is 4.90 Å². The van der Waals surface area contributed by atoms with E-state index >= 15 is 0 Å². The van der Waals surface area contributed by atoms with Gasteiger partial charge >= 0.3 is 0 Å². The Bertz CT molecular complexity index is 357. The maximum Gasteiger partial charge on any atom is 0.222 e. The monoisotopic (exact) mass is 295 g/mol. The van der Waals surface area contributed by atoms with E-state index in [0.717, 1.165) is 43.9 Å². The number of carbonyl (C=O) groups is 1. The maximum atomic E-state index is 12.2. The smallest absolute Gasteiger partial charge is 0.222 e. The lowest BCUT2D eigenvalue weighted by molar-refractivity contribution is -0.135. The van der Waals surface area contributed by atoms with Crippen molar-refractivity contribution in [2.45, 2.75) is 32.2 Å². The van der Waals surface area contributed by atoms with E-state index in [1.54, 1.807) is 0 Å². The number of fused-ring (bicyclic) bond motifs is 1.